The van der Waals surface area contributed by atoms with E-state index >= 15 is 0 Å². The number of nitrogens with one attached hydrogen (secondary N) is 1. The van der Waals surface area contributed by atoms with Gasteiger partial charge in [-0.05, 0) is 19.3 Å². The van der Waals surface area contributed by atoms with E-state index in [0.29, 0.717) is 11.4 Å². The smallest absolute Gasteiger partial charge is 0.246 e. The molecule has 0 heterocycles. The van der Waals surface area contributed by atoms with Crippen molar-refractivity contribution in [3.05, 3.63) is 0 Å². The average Bonchev–Trinajstić information content (AvgIpc) is 2.22. The SMILES string of the molecule is CCCOCC(=O)NC1CCCCC1Br. The Balaban J connectivity index is 2.18. The summed E-state index contributed by atoms with van der Waals surface area (Å²) in [4.78, 5) is 11.9. The molecule has 2 atom stereocenters. The van der Waals surface area contributed by atoms with Crippen molar-refractivity contribution in [2.75, 3.05) is 13.2 Å². The summed E-state index contributed by atoms with van der Waals surface area (Å²) in [6.07, 6.45) is 5.66. The van der Waals surface area contributed by atoms with Crippen LogP contribution in [0.5, 0.6) is 0 Å². The van der Waals surface area contributed by atoms with Crippen LogP contribution in [0.15, 0.2) is 0 Å². The van der Waals surface area contributed by atoms with Crippen molar-refractivity contribution in [1.29, 1.82) is 0 Å². The van der Waals surface area contributed by atoms with E-state index in [2.05, 4.69) is 21.2 Å². The van der Waals surface area contributed by atoms with Crippen molar-refractivity contribution in [3.63, 3.8) is 0 Å². The lowest BCUT2D eigenvalue weighted by Gasteiger charge is -2.28. The largest absolute Gasteiger partial charge is 0.372 e. The molecule has 2 unspecified atom stereocenters. The molecule has 1 aliphatic carbocycles. The van der Waals surface area contributed by atoms with Gasteiger partial charge in [0.2, 0.25) is 5.91 Å². The lowest BCUT2D eigenvalue weighted by Crippen LogP contribution is -2.44. The number of hydrogen-bond donors (Lipinski definition) is 1. The lowest BCUT2D eigenvalue weighted by atomic mass is 9.95. The minimum Gasteiger partial charge on any atom is -0.372 e. The van der Waals surface area contributed by atoms with Crippen LogP contribution in [0, 0.1) is 0 Å². The van der Waals surface area contributed by atoms with Crippen LogP contribution < -0.4 is 5.32 Å². The predicted octanol–water partition coefficient (Wildman–Crippen LogP) is 2.24. The van der Waals surface area contributed by atoms with Crippen LogP contribution in [0.1, 0.15) is 39.0 Å². The monoisotopic (exact) mass is 277 g/mol. The molecule has 15 heavy (non-hydrogen) atoms. The van der Waals surface area contributed by atoms with Crippen LogP contribution in [-0.2, 0) is 9.53 Å². The number of carbonyl (C=O) groups is 1. The number of carbonyl (C=O) groups excluding carboxylic acids is 1. The van der Waals surface area contributed by atoms with E-state index in [4.69, 9.17) is 4.74 Å². The molecule has 88 valence electrons. The summed E-state index contributed by atoms with van der Waals surface area (Å²) in [5.74, 6) is 0.0137. The Hall–Kier alpha value is -0.0900. The van der Waals surface area contributed by atoms with Crippen LogP contribution in [0.25, 0.3) is 0 Å². The van der Waals surface area contributed by atoms with Gasteiger partial charge in [0.05, 0.1) is 0 Å². The van der Waals surface area contributed by atoms with Gasteiger partial charge in [-0.2, -0.15) is 0 Å². The third kappa shape index (κ3) is 4.98. The van der Waals surface area contributed by atoms with Gasteiger partial charge in [0.1, 0.15) is 6.61 Å². The highest BCUT2D eigenvalue weighted by Crippen LogP contribution is 2.24. The summed E-state index contributed by atoms with van der Waals surface area (Å²) in [7, 11) is 0. The van der Waals surface area contributed by atoms with Gasteiger partial charge in [-0.3, -0.25) is 4.79 Å². The second-order valence-electron chi connectivity index (χ2n) is 4.03. The number of amides is 1. The molecule has 0 aromatic carbocycles. The Morgan fingerprint density at radius 1 is 1.47 bits per heavy atom. The summed E-state index contributed by atoms with van der Waals surface area (Å²) >= 11 is 3.61. The van der Waals surface area contributed by atoms with E-state index in [1.165, 1.54) is 12.8 Å². The van der Waals surface area contributed by atoms with Crippen molar-refractivity contribution in [2.45, 2.75) is 49.9 Å². The first kappa shape index (κ1) is 13.0. The number of halogens is 1. The Bertz CT molecular complexity index is 199. The molecule has 1 fully saturated rings. The van der Waals surface area contributed by atoms with Crippen LogP contribution in [0.2, 0.25) is 0 Å². The predicted molar refractivity (Wildman–Crippen MR) is 64.2 cm³/mol. The van der Waals surface area contributed by atoms with Gasteiger partial charge in [-0.15, -0.1) is 0 Å². The first-order chi connectivity index (χ1) is 7.24. The molecule has 0 bridgehead atoms. The van der Waals surface area contributed by atoms with Crippen LogP contribution in [0.4, 0.5) is 0 Å². The van der Waals surface area contributed by atoms with Gasteiger partial charge >= 0.3 is 0 Å². The van der Waals surface area contributed by atoms with Crippen molar-refractivity contribution in [1.82, 2.24) is 5.32 Å². The van der Waals surface area contributed by atoms with E-state index in [-0.39, 0.29) is 18.6 Å². The maximum atomic E-state index is 11.5. The molecule has 1 aliphatic rings. The second-order valence-corrected chi connectivity index (χ2v) is 5.20. The van der Waals surface area contributed by atoms with Gasteiger partial charge in [-0.1, -0.05) is 35.7 Å². The lowest BCUT2D eigenvalue weighted by molar-refractivity contribution is -0.126. The minimum atomic E-state index is 0.0137. The van der Waals surface area contributed by atoms with Crippen molar-refractivity contribution in [2.24, 2.45) is 0 Å². The number of ether oxygens (including phenoxy) is 1. The fraction of sp³-hybridized carbons (Fsp3) is 0.909. The number of hydrogen-bond acceptors (Lipinski definition) is 2. The van der Waals surface area contributed by atoms with Crippen molar-refractivity contribution in [3.8, 4) is 0 Å². The van der Waals surface area contributed by atoms with Gasteiger partial charge in [0, 0.05) is 17.5 Å². The van der Waals surface area contributed by atoms with E-state index in [9.17, 15) is 4.79 Å². The molecule has 0 saturated heterocycles. The van der Waals surface area contributed by atoms with Crippen molar-refractivity contribution < 1.29 is 9.53 Å². The molecule has 1 saturated carbocycles. The Labute approximate surface area is 100 Å². The fourth-order valence-electron chi connectivity index (χ4n) is 1.81. The Morgan fingerprint density at radius 3 is 2.87 bits per heavy atom. The highest BCUT2D eigenvalue weighted by atomic mass is 79.9. The van der Waals surface area contributed by atoms with E-state index in [0.717, 1.165) is 19.3 Å². The third-order valence-corrected chi connectivity index (χ3v) is 3.71. The molecular formula is C11H20BrNO2. The van der Waals surface area contributed by atoms with Crippen molar-refractivity contribution >= 4 is 21.8 Å². The molecule has 0 radical (unpaired) electrons. The molecule has 0 aliphatic heterocycles. The third-order valence-electron chi connectivity index (χ3n) is 2.61. The minimum absolute atomic E-state index is 0.0137. The van der Waals surface area contributed by atoms with Crippen LogP contribution in [-0.4, -0.2) is 30.0 Å². The molecule has 0 aromatic rings. The quantitative estimate of drug-likeness (QED) is 0.618. The van der Waals surface area contributed by atoms with E-state index in [1.807, 2.05) is 6.92 Å². The van der Waals surface area contributed by atoms with E-state index in [1.54, 1.807) is 0 Å². The first-order valence-corrected chi connectivity index (χ1v) is 6.66. The second kappa shape index (κ2) is 7.23. The van der Waals surface area contributed by atoms with Crippen LogP contribution in [0.3, 0.4) is 0 Å². The zero-order valence-corrected chi connectivity index (χ0v) is 10.9. The molecule has 1 amide bonds. The summed E-state index contributed by atoms with van der Waals surface area (Å²) in [5.41, 5.74) is 0. The highest BCUT2D eigenvalue weighted by Gasteiger charge is 2.23. The van der Waals surface area contributed by atoms with Gasteiger partial charge in [-0.25, -0.2) is 0 Å². The zero-order chi connectivity index (χ0) is 11.1. The molecule has 0 spiro atoms. The first-order valence-electron chi connectivity index (χ1n) is 5.75. The number of rotatable bonds is 5. The maximum Gasteiger partial charge on any atom is 0.246 e. The Morgan fingerprint density at radius 2 is 2.20 bits per heavy atom. The average molecular weight is 278 g/mol. The normalized spacial score (nSPS) is 26.3. The van der Waals surface area contributed by atoms with Gasteiger partial charge in [0.15, 0.2) is 0 Å². The summed E-state index contributed by atoms with van der Waals surface area (Å²) in [6, 6.07) is 0.288. The Kier molecular flexibility index (Phi) is 6.25. The zero-order valence-electron chi connectivity index (χ0n) is 9.30. The highest BCUT2D eigenvalue weighted by molar-refractivity contribution is 9.09. The molecule has 1 rings (SSSR count). The molecule has 3 nitrogen and oxygen atoms in total. The maximum absolute atomic E-state index is 11.5. The van der Waals surface area contributed by atoms with Gasteiger partial charge in [0.25, 0.3) is 0 Å². The number of alkyl halides is 1. The molecule has 0 aromatic heterocycles. The van der Waals surface area contributed by atoms with Gasteiger partial charge < -0.3 is 10.1 Å². The molecular weight excluding hydrogens is 258 g/mol. The summed E-state index contributed by atoms with van der Waals surface area (Å²) in [5, 5.41) is 3.02. The standard InChI is InChI=1S/C11H20BrNO2/c1-2-7-15-8-11(14)13-10-6-4-3-5-9(10)12/h9-10H,2-8H2,1H3,(H,13,14). The topological polar surface area (TPSA) is 38.3 Å². The van der Waals surface area contributed by atoms with E-state index < -0.39 is 0 Å². The van der Waals surface area contributed by atoms with Crippen LogP contribution >= 0.6 is 15.9 Å². The summed E-state index contributed by atoms with van der Waals surface area (Å²) < 4.78 is 5.19. The summed E-state index contributed by atoms with van der Waals surface area (Å²) in [6.45, 7) is 2.90. The fourth-order valence-corrected chi connectivity index (χ4v) is 2.53. The molecule has 1 N–H and O–H groups in total. The molecule has 4 heteroatoms.